The SMILES string of the molecule is CCN(C(=O)Cc1ccc(S(C)(=O)=O)cc1)C1CCN(CC[C@H](O)c2ccccc2)CC1. The lowest BCUT2D eigenvalue weighted by molar-refractivity contribution is -0.133. The minimum absolute atomic E-state index is 0.0811. The Labute approximate surface area is 191 Å². The number of aliphatic hydroxyl groups excluding tert-OH is 1. The van der Waals surface area contributed by atoms with Gasteiger partial charge in [-0.25, -0.2) is 8.42 Å². The molecule has 2 aromatic carbocycles. The number of benzene rings is 2. The van der Waals surface area contributed by atoms with Crippen molar-refractivity contribution in [2.24, 2.45) is 0 Å². The molecule has 1 aliphatic heterocycles. The highest BCUT2D eigenvalue weighted by Crippen LogP contribution is 2.21. The summed E-state index contributed by atoms with van der Waals surface area (Å²) in [6, 6.07) is 16.6. The highest BCUT2D eigenvalue weighted by Gasteiger charge is 2.27. The van der Waals surface area contributed by atoms with E-state index in [1.807, 2.05) is 42.2 Å². The Bertz CT molecular complexity index is 969. The second-order valence-electron chi connectivity index (χ2n) is 8.56. The Morgan fingerprint density at radius 1 is 1.09 bits per heavy atom. The van der Waals surface area contributed by atoms with Gasteiger partial charge in [0, 0.05) is 38.5 Å². The van der Waals surface area contributed by atoms with Crippen LogP contribution in [0.1, 0.15) is 43.4 Å². The van der Waals surface area contributed by atoms with Crippen LogP contribution < -0.4 is 0 Å². The molecule has 0 radical (unpaired) electrons. The van der Waals surface area contributed by atoms with Crippen LogP contribution >= 0.6 is 0 Å². The molecular weight excluding hydrogens is 424 g/mol. The number of carbonyl (C=O) groups excluding carboxylic acids is 1. The van der Waals surface area contributed by atoms with Crippen molar-refractivity contribution < 1.29 is 18.3 Å². The molecule has 1 fully saturated rings. The first-order valence-corrected chi connectivity index (χ1v) is 13.2. The Hall–Kier alpha value is -2.22. The van der Waals surface area contributed by atoms with E-state index >= 15 is 0 Å². The van der Waals surface area contributed by atoms with E-state index in [0.29, 0.717) is 13.0 Å². The first-order valence-electron chi connectivity index (χ1n) is 11.3. The summed E-state index contributed by atoms with van der Waals surface area (Å²) >= 11 is 0. The van der Waals surface area contributed by atoms with E-state index in [1.165, 1.54) is 6.26 Å². The smallest absolute Gasteiger partial charge is 0.227 e. The number of hydrogen-bond donors (Lipinski definition) is 1. The Kier molecular flexibility index (Phi) is 8.45. The molecular formula is C25H34N2O4S. The number of carbonyl (C=O) groups is 1. The van der Waals surface area contributed by atoms with Crippen LogP contribution in [0.5, 0.6) is 0 Å². The number of aliphatic hydroxyl groups is 1. The van der Waals surface area contributed by atoms with Crippen molar-refractivity contribution in [3.63, 3.8) is 0 Å². The van der Waals surface area contributed by atoms with Crippen molar-refractivity contribution in [3.8, 4) is 0 Å². The Morgan fingerprint density at radius 3 is 2.28 bits per heavy atom. The maximum atomic E-state index is 12.9. The van der Waals surface area contributed by atoms with Gasteiger partial charge in [0.25, 0.3) is 0 Å². The number of likely N-dealkylation sites (N-methyl/N-ethyl adjacent to an activating group) is 1. The lowest BCUT2D eigenvalue weighted by atomic mass is 10.0. The Morgan fingerprint density at radius 2 is 1.72 bits per heavy atom. The van der Waals surface area contributed by atoms with E-state index in [0.717, 1.165) is 43.6 Å². The molecule has 0 aromatic heterocycles. The summed E-state index contributed by atoms with van der Waals surface area (Å²) in [5.41, 5.74) is 1.78. The maximum absolute atomic E-state index is 12.9. The van der Waals surface area contributed by atoms with E-state index in [9.17, 15) is 18.3 Å². The maximum Gasteiger partial charge on any atom is 0.227 e. The highest BCUT2D eigenvalue weighted by atomic mass is 32.2. The number of amides is 1. The Balaban J connectivity index is 1.48. The van der Waals surface area contributed by atoms with Gasteiger partial charge >= 0.3 is 0 Å². The zero-order valence-electron chi connectivity index (χ0n) is 19.0. The van der Waals surface area contributed by atoms with Gasteiger partial charge in [0.2, 0.25) is 5.91 Å². The van der Waals surface area contributed by atoms with Crippen LogP contribution in [0.4, 0.5) is 0 Å². The predicted octanol–water partition coefficient (Wildman–Crippen LogP) is 3.07. The van der Waals surface area contributed by atoms with Gasteiger partial charge in [0.05, 0.1) is 17.4 Å². The van der Waals surface area contributed by atoms with Gasteiger partial charge in [-0.05, 0) is 49.4 Å². The minimum Gasteiger partial charge on any atom is -0.388 e. The van der Waals surface area contributed by atoms with Crippen LogP contribution in [-0.4, -0.2) is 67.7 Å². The third kappa shape index (κ3) is 6.64. The fourth-order valence-electron chi connectivity index (χ4n) is 4.37. The van der Waals surface area contributed by atoms with Crippen molar-refractivity contribution in [1.82, 2.24) is 9.80 Å². The molecule has 1 atom stereocenters. The number of sulfone groups is 1. The van der Waals surface area contributed by atoms with Gasteiger partial charge in [-0.3, -0.25) is 4.79 Å². The highest BCUT2D eigenvalue weighted by molar-refractivity contribution is 7.90. The minimum atomic E-state index is -3.23. The summed E-state index contributed by atoms with van der Waals surface area (Å²) in [6.45, 7) is 5.35. The van der Waals surface area contributed by atoms with Crippen molar-refractivity contribution in [2.45, 2.75) is 49.6 Å². The fraction of sp³-hybridized carbons (Fsp3) is 0.480. The van der Waals surface area contributed by atoms with Crippen LogP contribution in [0.3, 0.4) is 0 Å². The molecule has 1 aliphatic rings. The molecule has 0 bridgehead atoms. The third-order valence-electron chi connectivity index (χ3n) is 6.27. The van der Waals surface area contributed by atoms with Crippen LogP contribution in [0.25, 0.3) is 0 Å². The molecule has 0 saturated carbocycles. The first kappa shape index (κ1) is 24.4. The lowest BCUT2D eigenvalue weighted by Crippen LogP contribution is -2.48. The van der Waals surface area contributed by atoms with E-state index in [1.54, 1.807) is 24.3 Å². The summed E-state index contributed by atoms with van der Waals surface area (Å²) in [6.07, 6.45) is 3.57. The summed E-state index contributed by atoms with van der Waals surface area (Å²) < 4.78 is 23.2. The molecule has 2 aromatic rings. The topological polar surface area (TPSA) is 77.9 Å². The van der Waals surface area contributed by atoms with Gasteiger partial charge in [0.1, 0.15) is 0 Å². The first-order chi connectivity index (χ1) is 15.3. The monoisotopic (exact) mass is 458 g/mol. The average molecular weight is 459 g/mol. The predicted molar refractivity (Wildman–Crippen MR) is 126 cm³/mol. The van der Waals surface area contributed by atoms with Crippen molar-refractivity contribution >= 4 is 15.7 Å². The number of likely N-dealkylation sites (tertiary alicyclic amines) is 1. The molecule has 1 N–H and O–H groups in total. The van der Waals surface area contributed by atoms with Crippen molar-refractivity contribution in [1.29, 1.82) is 0 Å². The van der Waals surface area contributed by atoms with Gasteiger partial charge in [-0.2, -0.15) is 0 Å². The average Bonchev–Trinajstić information content (AvgIpc) is 2.79. The van der Waals surface area contributed by atoms with E-state index in [4.69, 9.17) is 0 Å². The summed E-state index contributed by atoms with van der Waals surface area (Å²) in [5.74, 6) is 0.0811. The van der Waals surface area contributed by atoms with Gasteiger partial charge in [-0.1, -0.05) is 42.5 Å². The van der Waals surface area contributed by atoms with Gasteiger partial charge in [0.15, 0.2) is 9.84 Å². The van der Waals surface area contributed by atoms with E-state index < -0.39 is 15.9 Å². The summed E-state index contributed by atoms with van der Waals surface area (Å²) in [5, 5.41) is 10.4. The molecule has 174 valence electrons. The fourth-order valence-corrected chi connectivity index (χ4v) is 5.00. The van der Waals surface area contributed by atoms with Crippen molar-refractivity contribution in [3.05, 3.63) is 65.7 Å². The molecule has 6 nitrogen and oxygen atoms in total. The molecule has 1 saturated heterocycles. The number of hydrogen-bond acceptors (Lipinski definition) is 5. The second-order valence-corrected chi connectivity index (χ2v) is 10.6. The molecule has 32 heavy (non-hydrogen) atoms. The summed E-state index contributed by atoms with van der Waals surface area (Å²) in [7, 11) is -3.23. The zero-order chi connectivity index (χ0) is 23.1. The van der Waals surface area contributed by atoms with Crippen LogP contribution in [0.15, 0.2) is 59.5 Å². The standard InChI is InChI=1S/C25H34N2O4S/c1-3-27(25(29)19-20-9-11-23(12-10-20)32(2,30)31)22-13-16-26(17-14-22)18-15-24(28)21-7-5-4-6-8-21/h4-12,22,24,28H,3,13-19H2,1-2H3/t24-/m0/s1. The van der Waals surface area contributed by atoms with Crippen LogP contribution in [0.2, 0.25) is 0 Å². The molecule has 0 spiro atoms. The van der Waals surface area contributed by atoms with Gasteiger partial charge in [-0.15, -0.1) is 0 Å². The summed E-state index contributed by atoms with van der Waals surface area (Å²) in [4.78, 5) is 17.5. The third-order valence-corrected chi connectivity index (χ3v) is 7.40. The lowest BCUT2D eigenvalue weighted by Gasteiger charge is -2.38. The van der Waals surface area contributed by atoms with Gasteiger partial charge < -0.3 is 14.9 Å². The van der Waals surface area contributed by atoms with E-state index in [2.05, 4.69) is 4.90 Å². The molecule has 0 aliphatic carbocycles. The number of rotatable bonds is 9. The zero-order valence-corrected chi connectivity index (χ0v) is 19.8. The molecule has 3 rings (SSSR count). The molecule has 1 heterocycles. The molecule has 0 unspecified atom stereocenters. The normalized spacial score (nSPS) is 16.6. The number of nitrogens with zero attached hydrogens (tertiary/aromatic N) is 2. The second kappa shape index (κ2) is 11.1. The largest absolute Gasteiger partial charge is 0.388 e. The quantitative estimate of drug-likeness (QED) is 0.625. The molecule has 7 heteroatoms. The van der Waals surface area contributed by atoms with Crippen LogP contribution in [0, 0.1) is 0 Å². The van der Waals surface area contributed by atoms with E-state index in [-0.39, 0.29) is 23.3 Å². The van der Waals surface area contributed by atoms with Crippen LogP contribution in [-0.2, 0) is 21.1 Å². The number of piperidine rings is 1. The molecule has 1 amide bonds. The van der Waals surface area contributed by atoms with Crippen molar-refractivity contribution in [2.75, 3.05) is 32.4 Å².